The summed E-state index contributed by atoms with van der Waals surface area (Å²) in [6, 6.07) is 9.46. The highest BCUT2D eigenvalue weighted by Crippen LogP contribution is 2.33. The number of benzene rings is 1. The molecule has 2 heterocycles. The van der Waals surface area contributed by atoms with Crippen LogP contribution in [0.1, 0.15) is 50.0 Å². The van der Waals surface area contributed by atoms with Gasteiger partial charge in [0.2, 0.25) is 5.91 Å². The van der Waals surface area contributed by atoms with Crippen molar-refractivity contribution in [3.8, 4) is 0 Å². The summed E-state index contributed by atoms with van der Waals surface area (Å²) in [7, 11) is 0. The molecule has 2 atom stereocenters. The molecule has 0 spiro atoms. The largest absolute Gasteiger partial charge is 0.467 e. The summed E-state index contributed by atoms with van der Waals surface area (Å²) in [5.41, 5.74) is 0.881. The number of amides is 3. The van der Waals surface area contributed by atoms with Crippen LogP contribution in [-0.4, -0.2) is 29.9 Å². The summed E-state index contributed by atoms with van der Waals surface area (Å²) in [6.45, 7) is 3.31. The van der Waals surface area contributed by atoms with Crippen molar-refractivity contribution in [1.82, 2.24) is 15.5 Å². The molecule has 0 radical (unpaired) electrons. The lowest BCUT2D eigenvalue weighted by Gasteiger charge is -2.39. The van der Waals surface area contributed by atoms with E-state index < -0.39 is 0 Å². The summed E-state index contributed by atoms with van der Waals surface area (Å²) in [5, 5.41) is 5.83. The second-order valence-corrected chi connectivity index (χ2v) is 7.38. The highest BCUT2D eigenvalue weighted by Gasteiger charge is 2.35. The number of nitrogens with one attached hydrogen (secondary N) is 2. The van der Waals surface area contributed by atoms with Crippen LogP contribution in [0.3, 0.4) is 0 Å². The second-order valence-electron chi connectivity index (χ2n) is 7.38. The summed E-state index contributed by atoms with van der Waals surface area (Å²) >= 11 is 0. The van der Waals surface area contributed by atoms with Gasteiger partial charge in [-0.15, -0.1) is 0 Å². The fourth-order valence-corrected chi connectivity index (χ4v) is 3.65. The van der Waals surface area contributed by atoms with Crippen LogP contribution in [0, 0.1) is 11.7 Å². The van der Waals surface area contributed by atoms with Crippen LogP contribution in [0.15, 0.2) is 47.1 Å². The minimum absolute atomic E-state index is 0.0923. The first-order valence-corrected chi connectivity index (χ1v) is 10.2. The molecule has 1 aliphatic rings. The monoisotopic (exact) mass is 401 g/mol. The van der Waals surface area contributed by atoms with E-state index in [9.17, 15) is 14.0 Å². The van der Waals surface area contributed by atoms with Gasteiger partial charge in [-0.3, -0.25) is 4.79 Å². The zero-order valence-electron chi connectivity index (χ0n) is 16.7. The summed E-state index contributed by atoms with van der Waals surface area (Å²) < 4.78 is 18.6. The van der Waals surface area contributed by atoms with Crippen LogP contribution >= 0.6 is 0 Å². The van der Waals surface area contributed by atoms with Crippen molar-refractivity contribution < 1.29 is 18.4 Å². The normalized spacial score (nSPS) is 19.0. The van der Waals surface area contributed by atoms with Gasteiger partial charge in [-0.2, -0.15) is 0 Å². The van der Waals surface area contributed by atoms with Crippen molar-refractivity contribution in [2.45, 2.75) is 45.2 Å². The molecule has 2 N–H and O–H groups in total. The molecule has 29 heavy (non-hydrogen) atoms. The zero-order valence-corrected chi connectivity index (χ0v) is 16.7. The number of furan rings is 1. The number of carbonyl (C=O) groups is 2. The van der Waals surface area contributed by atoms with Gasteiger partial charge in [-0.05, 0) is 49.1 Å². The number of likely N-dealkylation sites (tertiary alicyclic amines) is 1. The number of rotatable bonds is 7. The molecule has 1 fully saturated rings. The molecule has 7 heteroatoms. The number of piperidine rings is 1. The standard InChI is InChI=1S/C22H28FN3O3/c1-2-3-12-24-22(28)26-15-17(21(27)25-14-19-5-4-13-29-19)8-11-20(26)16-6-9-18(23)10-7-16/h4-7,9-10,13,17,20H,2-3,8,11-12,14-15H2,1H3,(H,24,28)(H,25,27)/t17-,20+/m1/s1. The fourth-order valence-electron chi connectivity index (χ4n) is 3.65. The summed E-state index contributed by atoms with van der Waals surface area (Å²) in [5.74, 6) is -0.00454. The number of hydrogen-bond acceptors (Lipinski definition) is 3. The molecule has 3 rings (SSSR count). The lowest BCUT2D eigenvalue weighted by molar-refractivity contribution is -0.127. The van der Waals surface area contributed by atoms with E-state index >= 15 is 0 Å². The maximum Gasteiger partial charge on any atom is 0.317 e. The van der Waals surface area contributed by atoms with E-state index in [1.54, 1.807) is 35.4 Å². The maximum atomic E-state index is 13.3. The van der Waals surface area contributed by atoms with Crippen molar-refractivity contribution in [1.29, 1.82) is 0 Å². The third kappa shape index (κ3) is 5.59. The number of carbonyl (C=O) groups excluding carboxylic acids is 2. The van der Waals surface area contributed by atoms with Gasteiger partial charge in [0.15, 0.2) is 0 Å². The van der Waals surface area contributed by atoms with Gasteiger partial charge in [0.25, 0.3) is 0 Å². The Bertz CT molecular complexity index is 792. The number of unbranched alkanes of at least 4 members (excludes halogenated alkanes) is 1. The van der Waals surface area contributed by atoms with Gasteiger partial charge in [0.1, 0.15) is 11.6 Å². The Hall–Kier alpha value is -2.83. The van der Waals surface area contributed by atoms with Crippen LogP contribution in [0.5, 0.6) is 0 Å². The second kappa shape index (κ2) is 10.1. The first kappa shape index (κ1) is 20.9. The first-order valence-electron chi connectivity index (χ1n) is 10.2. The van der Waals surface area contributed by atoms with E-state index in [0.29, 0.717) is 38.2 Å². The SMILES string of the molecule is CCCCNC(=O)N1C[C@H](C(=O)NCc2ccco2)CC[C@H]1c1ccc(F)cc1. The first-order chi connectivity index (χ1) is 14.1. The molecule has 0 saturated carbocycles. The highest BCUT2D eigenvalue weighted by molar-refractivity contribution is 5.81. The number of urea groups is 1. The van der Waals surface area contributed by atoms with E-state index in [0.717, 1.165) is 18.4 Å². The third-order valence-corrected chi connectivity index (χ3v) is 5.29. The smallest absolute Gasteiger partial charge is 0.317 e. The average molecular weight is 401 g/mol. The van der Waals surface area contributed by atoms with Crippen LogP contribution in [0.25, 0.3) is 0 Å². The number of hydrogen-bond donors (Lipinski definition) is 2. The quantitative estimate of drug-likeness (QED) is 0.689. The van der Waals surface area contributed by atoms with Crippen molar-refractivity contribution in [3.63, 3.8) is 0 Å². The maximum absolute atomic E-state index is 13.3. The van der Waals surface area contributed by atoms with E-state index in [2.05, 4.69) is 17.6 Å². The Morgan fingerprint density at radius 2 is 1.97 bits per heavy atom. The summed E-state index contributed by atoms with van der Waals surface area (Å²) in [6.07, 6.45) is 4.75. The molecule has 0 aliphatic carbocycles. The summed E-state index contributed by atoms with van der Waals surface area (Å²) in [4.78, 5) is 27.2. The van der Waals surface area contributed by atoms with Crippen LogP contribution in [0.2, 0.25) is 0 Å². The Morgan fingerprint density at radius 1 is 1.17 bits per heavy atom. The molecule has 1 aromatic carbocycles. The topological polar surface area (TPSA) is 74.6 Å². The van der Waals surface area contributed by atoms with E-state index in [1.165, 1.54) is 12.1 Å². The molecule has 3 amide bonds. The Balaban J connectivity index is 1.68. The predicted molar refractivity (Wildman–Crippen MR) is 107 cm³/mol. The van der Waals surface area contributed by atoms with Gasteiger partial charge >= 0.3 is 6.03 Å². The molecular weight excluding hydrogens is 373 g/mol. The van der Waals surface area contributed by atoms with Crippen molar-refractivity contribution in [2.75, 3.05) is 13.1 Å². The highest BCUT2D eigenvalue weighted by atomic mass is 19.1. The van der Waals surface area contributed by atoms with Crippen LogP contribution in [-0.2, 0) is 11.3 Å². The Labute approximate surface area is 170 Å². The molecular formula is C22H28FN3O3. The van der Waals surface area contributed by atoms with Crippen molar-refractivity contribution >= 4 is 11.9 Å². The predicted octanol–water partition coefficient (Wildman–Crippen LogP) is 4.00. The van der Waals surface area contributed by atoms with E-state index in [-0.39, 0.29) is 29.7 Å². The third-order valence-electron chi connectivity index (χ3n) is 5.29. The number of halogens is 1. The zero-order chi connectivity index (χ0) is 20.6. The lowest BCUT2D eigenvalue weighted by atomic mass is 9.88. The molecule has 2 aromatic rings. The van der Waals surface area contributed by atoms with E-state index in [1.807, 2.05) is 0 Å². The minimum atomic E-state index is -0.307. The van der Waals surface area contributed by atoms with Gasteiger partial charge in [0.05, 0.1) is 24.8 Å². The molecule has 156 valence electrons. The van der Waals surface area contributed by atoms with Crippen LogP contribution in [0.4, 0.5) is 9.18 Å². The molecule has 1 aromatic heterocycles. The van der Waals surface area contributed by atoms with Gasteiger partial charge < -0.3 is 20.0 Å². The molecule has 0 bridgehead atoms. The van der Waals surface area contributed by atoms with Crippen molar-refractivity contribution in [3.05, 3.63) is 59.8 Å². The number of nitrogens with zero attached hydrogens (tertiary/aromatic N) is 1. The van der Waals surface area contributed by atoms with Gasteiger partial charge in [-0.1, -0.05) is 25.5 Å². The van der Waals surface area contributed by atoms with Gasteiger partial charge in [0, 0.05) is 13.1 Å². The van der Waals surface area contributed by atoms with Gasteiger partial charge in [-0.25, -0.2) is 9.18 Å². The lowest BCUT2D eigenvalue weighted by Crippen LogP contribution is -2.50. The van der Waals surface area contributed by atoms with Crippen LogP contribution < -0.4 is 10.6 Å². The van der Waals surface area contributed by atoms with E-state index in [4.69, 9.17) is 4.42 Å². The van der Waals surface area contributed by atoms with Crippen molar-refractivity contribution in [2.24, 2.45) is 5.92 Å². The Morgan fingerprint density at radius 3 is 2.66 bits per heavy atom. The molecule has 1 aliphatic heterocycles. The minimum Gasteiger partial charge on any atom is -0.467 e. The Kier molecular flexibility index (Phi) is 7.27. The average Bonchev–Trinajstić information content (AvgIpc) is 3.26. The molecule has 6 nitrogen and oxygen atoms in total. The fraction of sp³-hybridized carbons (Fsp3) is 0.455. The molecule has 1 saturated heterocycles. The molecule has 0 unspecified atom stereocenters.